The molecule has 0 bridgehead atoms. The predicted octanol–water partition coefficient (Wildman–Crippen LogP) is 3.02. The van der Waals surface area contributed by atoms with Gasteiger partial charge in [0.15, 0.2) is 0 Å². The van der Waals surface area contributed by atoms with E-state index in [4.69, 9.17) is 0 Å². The molecule has 0 aromatic rings. The number of amides is 2. The van der Waals surface area contributed by atoms with E-state index in [0.717, 1.165) is 25.9 Å². The highest BCUT2D eigenvalue weighted by Gasteiger charge is 1.93. The first-order valence-electron chi connectivity index (χ1n) is 7.59. The Morgan fingerprint density at radius 1 is 0.789 bits per heavy atom. The molecule has 0 atom stereocenters. The van der Waals surface area contributed by atoms with Crippen molar-refractivity contribution in [1.29, 1.82) is 0 Å². The molecular weight excluding hydrogens is 240 g/mol. The maximum absolute atomic E-state index is 10.7. The van der Waals surface area contributed by atoms with E-state index in [1.54, 1.807) is 6.92 Å². The summed E-state index contributed by atoms with van der Waals surface area (Å²) in [5.74, 6) is 0.238. The van der Waals surface area contributed by atoms with E-state index >= 15 is 0 Å². The van der Waals surface area contributed by atoms with Gasteiger partial charge in [0.25, 0.3) is 0 Å². The molecule has 0 spiro atoms. The van der Waals surface area contributed by atoms with Crippen molar-refractivity contribution in [3.63, 3.8) is 0 Å². The second-order valence-electron chi connectivity index (χ2n) is 4.60. The second-order valence-corrected chi connectivity index (χ2v) is 4.60. The van der Waals surface area contributed by atoms with E-state index in [2.05, 4.69) is 24.5 Å². The van der Waals surface area contributed by atoms with E-state index < -0.39 is 0 Å². The molecule has 0 fully saturated rings. The van der Waals surface area contributed by atoms with Crippen LogP contribution < -0.4 is 10.6 Å². The summed E-state index contributed by atoms with van der Waals surface area (Å²) in [7, 11) is 0. The van der Waals surface area contributed by atoms with Crippen LogP contribution in [0, 0.1) is 0 Å². The molecule has 0 heterocycles. The first-order valence-corrected chi connectivity index (χ1v) is 7.59. The topological polar surface area (TPSA) is 58.2 Å². The number of hydrogen-bond donors (Lipinski definition) is 2. The molecule has 0 rings (SSSR count). The summed E-state index contributed by atoms with van der Waals surface area (Å²) in [4.78, 5) is 21.0. The number of carbonyl (C=O) groups is 2. The molecule has 0 aliphatic rings. The smallest absolute Gasteiger partial charge is 0.219 e. The number of unbranched alkanes of at least 4 members (excludes halogenated alkanes) is 4. The molecule has 0 aromatic carbocycles. The standard InChI is InChI=1S/C8H17NO.C7H15NO/c1-3-5-6-7-9-8(10)4-2;1-3-4-5-6-8-7(2)9/h3-7H2,1-2H3,(H,9,10);3-6H2,1-2H3,(H,8,9). The van der Waals surface area contributed by atoms with Crippen LogP contribution in [-0.4, -0.2) is 24.9 Å². The Balaban J connectivity index is 0. The Bertz CT molecular complexity index is 218. The highest BCUT2D eigenvalue weighted by atomic mass is 16.2. The van der Waals surface area contributed by atoms with Gasteiger partial charge in [0, 0.05) is 26.4 Å². The van der Waals surface area contributed by atoms with Crippen LogP contribution in [0.3, 0.4) is 0 Å². The monoisotopic (exact) mass is 272 g/mol. The van der Waals surface area contributed by atoms with E-state index in [-0.39, 0.29) is 11.8 Å². The van der Waals surface area contributed by atoms with Gasteiger partial charge < -0.3 is 10.6 Å². The molecule has 19 heavy (non-hydrogen) atoms. The van der Waals surface area contributed by atoms with Crippen molar-refractivity contribution >= 4 is 11.8 Å². The van der Waals surface area contributed by atoms with Gasteiger partial charge in [-0.05, 0) is 12.8 Å². The molecule has 0 saturated carbocycles. The summed E-state index contributed by atoms with van der Waals surface area (Å²) in [6, 6.07) is 0. The molecule has 0 unspecified atom stereocenters. The van der Waals surface area contributed by atoms with Crippen molar-refractivity contribution in [2.24, 2.45) is 0 Å². The van der Waals surface area contributed by atoms with Crippen LogP contribution in [0.25, 0.3) is 0 Å². The summed E-state index contributed by atoms with van der Waals surface area (Å²) in [5, 5.41) is 5.57. The molecule has 2 amide bonds. The zero-order chi connectivity index (χ0) is 14.9. The van der Waals surface area contributed by atoms with Gasteiger partial charge in [0.2, 0.25) is 11.8 Å². The predicted molar refractivity (Wildman–Crippen MR) is 81.0 cm³/mol. The molecule has 114 valence electrons. The fourth-order valence-corrected chi connectivity index (χ4v) is 1.37. The number of hydrogen-bond acceptors (Lipinski definition) is 2. The van der Waals surface area contributed by atoms with Crippen LogP contribution in [0.15, 0.2) is 0 Å². The van der Waals surface area contributed by atoms with E-state index in [0.29, 0.717) is 6.42 Å². The Morgan fingerprint density at radius 3 is 1.63 bits per heavy atom. The maximum atomic E-state index is 10.7. The third kappa shape index (κ3) is 22.6. The first kappa shape index (κ1) is 20.3. The molecule has 4 heteroatoms. The van der Waals surface area contributed by atoms with Crippen molar-refractivity contribution in [3.8, 4) is 0 Å². The fraction of sp³-hybridized carbons (Fsp3) is 0.867. The van der Waals surface area contributed by atoms with Gasteiger partial charge >= 0.3 is 0 Å². The number of rotatable bonds is 9. The quantitative estimate of drug-likeness (QED) is 0.634. The lowest BCUT2D eigenvalue weighted by Gasteiger charge is -2.00. The molecule has 0 aromatic heterocycles. The van der Waals surface area contributed by atoms with Crippen LogP contribution >= 0.6 is 0 Å². The van der Waals surface area contributed by atoms with Crippen LogP contribution in [0.2, 0.25) is 0 Å². The van der Waals surface area contributed by atoms with Crippen LogP contribution in [0.1, 0.15) is 72.6 Å². The summed E-state index contributed by atoms with van der Waals surface area (Å²) in [6.45, 7) is 9.40. The second kappa shape index (κ2) is 16.9. The summed E-state index contributed by atoms with van der Waals surface area (Å²) < 4.78 is 0. The summed E-state index contributed by atoms with van der Waals surface area (Å²) >= 11 is 0. The van der Waals surface area contributed by atoms with Gasteiger partial charge in [-0.25, -0.2) is 0 Å². The minimum Gasteiger partial charge on any atom is -0.356 e. The summed E-state index contributed by atoms with van der Waals surface area (Å²) in [5.41, 5.74) is 0. The molecule has 0 aliphatic heterocycles. The Labute approximate surface area is 118 Å². The Kier molecular flexibility index (Phi) is 18.1. The van der Waals surface area contributed by atoms with Gasteiger partial charge in [0.1, 0.15) is 0 Å². The van der Waals surface area contributed by atoms with Crippen molar-refractivity contribution < 1.29 is 9.59 Å². The van der Waals surface area contributed by atoms with Crippen LogP contribution in [-0.2, 0) is 9.59 Å². The first-order chi connectivity index (χ1) is 9.08. The third-order valence-electron chi connectivity index (χ3n) is 2.58. The average Bonchev–Trinajstić information content (AvgIpc) is 2.40. The zero-order valence-electron chi connectivity index (χ0n) is 13.2. The van der Waals surface area contributed by atoms with Crippen molar-refractivity contribution in [2.45, 2.75) is 72.6 Å². The van der Waals surface area contributed by atoms with Crippen LogP contribution in [0.5, 0.6) is 0 Å². The lowest BCUT2D eigenvalue weighted by Crippen LogP contribution is -2.22. The van der Waals surface area contributed by atoms with E-state index in [1.807, 2.05) is 6.92 Å². The molecule has 0 saturated heterocycles. The minimum absolute atomic E-state index is 0.0751. The molecule has 0 radical (unpaired) electrons. The van der Waals surface area contributed by atoms with E-state index in [9.17, 15) is 9.59 Å². The normalized spacial score (nSPS) is 9.26. The SMILES string of the molecule is CCCCCNC(=O)CC.CCCCCNC(C)=O. The highest BCUT2D eigenvalue weighted by Crippen LogP contribution is 1.91. The van der Waals surface area contributed by atoms with Crippen molar-refractivity contribution in [3.05, 3.63) is 0 Å². The van der Waals surface area contributed by atoms with Gasteiger partial charge in [-0.15, -0.1) is 0 Å². The van der Waals surface area contributed by atoms with Gasteiger partial charge in [0.05, 0.1) is 0 Å². The fourth-order valence-electron chi connectivity index (χ4n) is 1.37. The zero-order valence-corrected chi connectivity index (χ0v) is 13.2. The van der Waals surface area contributed by atoms with Crippen molar-refractivity contribution in [2.75, 3.05) is 13.1 Å². The Hall–Kier alpha value is -1.06. The van der Waals surface area contributed by atoms with Gasteiger partial charge in [-0.2, -0.15) is 0 Å². The van der Waals surface area contributed by atoms with Crippen LogP contribution in [0.4, 0.5) is 0 Å². The third-order valence-corrected chi connectivity index (χ3v) is 2.58. The van der Waals surface area contributed by atoms with Gasteiger partial charge in [-0.1, -0.05) is 46.5 Å². The minimum atomic E-state index is 0.0751. The number of nitrogens with one attached hydrogen (secondary N) is 2. The lowest BCUT2D eigenvalue weighted by molar-refractivity contribution is -0.121. The maximum Gasteiger partial charge on any atom is 0.219 e. The highest BCUT2D eigenvalue weighted by molar-refractivity contribution is 5.75. The lowest BCUT2D eigenvalue weighted by atomic mass is 10.2. The summed E-state index contributed by atoms with van der Waals surface area (Å²) in [6.07, 6.45) is 7.66. The molecule has 0 aliphatic carbocycles. The van der Waals surface area contributed by atoms with Crippen molar-refractivity contribution in [1.82, 2.24) is 10.6 Å². The van der Waals surface area contributed by atoms with E-state index in [1.165, 1.54) is 25.7 Å². The largest absolute Gasteiger partial charge is 0.356 e. The number of carbonyl (C=O) groups excluding carboxylic acids is 2. The molecule has 2 N–H and O–H groups in total. The molecular formula is C15H32N2O2. The average molecular weight is 272 g/mol. The molecule has 4 nitrogen and oxygen atoms in total. The van der Waals surface area contributed by atoms with Gasteiger partial charge in [-0.3, -0.25) is 9.59 Å². The Morgan fingerprint density at radius 2 is 1.26 bits per heavy atom.